The number of nitrogen functional groups attached to an aromatic ring is 1. The van der Waals surface area contributed by atoms with Crippen LogP contribution < -0.4 is 10.6 Å². The second-order valence-electron chi connectivity index (χ2n) is 3.34. The highest BCUT2D eigenvalue weighted by Crippen LogP contribution is 2.16. The molecule has 1 aliphatic rings. The van der Waals surface area contributed by atoms with Crippen LogP contribution in [0.2, 0.25) is 0 Å². The number of likely N-dealkylation sites (N-methyl/N-ethyl adjacent to an activating group) is 1. The second kappa shape index (κ2) is 3.26. The lowest BCUT2D eigenvalue weighted by atomic mass is 10.3. The fraction of sp³-hybridized carbons (Fsp3) is 0.625. The molecule has 2 N–H and O–H groups in total. The van der Waals surface area contributed by atoms with Crippen LogP contribution in [0.1, 0.15) is 0 Å². The van der Waals surface area contributed by atoms with Crippen LogP contribution in [-0.2, 0) is 0 Å². The molecule has 0 aromatic carbocycles. The highest BCUT2D eigenvalue weighted by Gasteiger charge is 2.17. The van der Waals surface area contributed by atoms with Crippen molar-refractivity contribution in [1.29, 1.82) is 0 Å². The minimum Gasteiger partial charge on any atom is -0.408 e. The minimum atomic E-state index is 0.383. The third-order valence-electron chi connectivity index (χ3n) is 2.29. The first-order chi connectivity index (χ1) is 6.25. The van der Waals surface area contributed by atoms with Crippen LogP contribution in [0.25, 0.3) is 0 Å². The minimum absolute atomic E-state index is 0.383. The predicted molar refractivity (Wildman–Crippen MR) is 50.6 cm³/mol. The van der Waals surface area contributed by atoms with Gasteiger partial charge < -0.3 is 20.0 Å². The monoisotopic (exact) mass is 182 g/mol. The van der Waals surface area contributed by atoms with Crippen molar-refractivity contribution in [3.63, 3.8) is 0 Å². The molecule has 1 fully saturated rings. The number of hydrogen-bond donors (Lipinski definition) is 1. The number of rotatable bonds is 1. The van der Waals surface area contributed by atoms with E-state index in [2.05, 4.69) is 21.8 Å². The maximum Gasteiger partial charge on any atom is 0.299 e. The fourth-order valence-electron chi connectivity index (χ4n) is 1.42. The lowest BCUT2D eigenvalue weighted by Crippen LogP contribution is -2.44. The van der Waals surface area contributed by atoms with E-state index in [-0.39, 0.29) is 0 Å². The van der Waals surface area contributed by atoms with E-state index in [0.717, 1.165) is 26.2 Å². The highest BCUT2D eigenvalue weighted by atomic mass is 16.4. The van der Waals surface area contributed by atoms with Crippen molar-refractivity contribution in [3.8, 4) is 0 Å². The normalized spacial score (nSPS) is 19.3. The van der Waals surface area contributed by atoms with Gasteiger partial charge >= 0.3 is 0 Å². The molecule has 0 bridgehead atoms. The first-order valence-corrected chi connectivity index (χ1v) is 4.40. The van der Waals surface area contributed by atoms with Gasteiger partial charge in [-0.2, -0.15) is 4.98 Å². The Labute approximate surface area is 77.1 Å². The largest absolute Gasteiger partial charge is 0.408 e. The van der Waals surface area contributed by atoms with Crippen LogP contribution in [0.3, 0.4) is 0 Å². The molecule has 1 saturated heterocycles. The Morgan fingerprint density at radius 1 is 1.38 bits per heavy atom. The quantitative estimate of drug-likeness (QED) is 0.663. The van der Waals surface area contributed by atoms with Crippen molar-refractivity contribution < 1.29 is 4.42 Å². The van der Waals surface area contributed by atoms with E-state index >= 15 is 0 Å². The molecule has 0 radical (unpaired) electrons. The average Bonchev–Trinajstić information content (AvgIpc) is 2.53. The molecule has 1 aromatic heterocycles. The summed E-state index contributed by atoms with van der Waals surface area (Å²) >= 11 is 0. The topological polar surface area (TPSA) is 58.5 Å². The molecule has 0 aliphatic carbocycles. The van der Waals surface area contributed by atoms with Gasteiger partial charge in [0, 0.05) is 26.2 Å². The molecule has 1 aromatic rings. The van der Waals surface area contributed by atoms with Gasteiger partial charge in [0.25, 0.3) is 6.01 Å². The van der Waals surface area contributed by atoms with Crippen molar-refractivity contribution in [1.82, 2.24) is 9.88 Å². The Hall–Kier alpha value is -1.23. The van der Waals surface area contributed by atoms with E-state index in [1.165, 1.54) is 0 Å². The van der Waals surface area contributed by atoms with Crippen LogP contribution in [0.4, 0.5) is 11.9 Å². The Balaban J connectivity index is 2.02. The Morgan fingerprint density at radius 3 is 2.62 bits per heavy atom. The summed E-state index contributed by atoms with van der Waals surface area (Å²) in [5.41, 5.74) is 5.45. The molecule has 72 valence electrons. The summed E-state index contributed by atoms with van der Waals surface area (Å²) in [6.45, 7) is 4.00. The highest BCUT2D eigenvalue weighted by molar-refractivity contribution is 5.33. The first-order valence-electron chi connectivity index (χ1n) is 4.40. The molecule has 2 rings (SSSR count). The van der Waals surface area contributed by atoms with Crippen LogP contribution >= 0.6 is 0 Å². The Morgan fingerprint density at radius 2 is 2.08 bits per heavy atom. The third kappa shape index (κ3) is 1.75. The van der Waals surface area contributed by atoms with Crippen LogP contribution in [0.5, 0.6) is 0 Å². The summed E-state index contributed by atoms with van der Waals surface area (Å²) in [6, 6.07) is 0.644. The van der Waals surface area contributed by atoms with Crippen molar-refractivity contribution in [2.24, 2.45) is 0 Å². The number of nitrogens with zero attached hydrogens (tertiary/aromatic N) is 3. The van der Waals surface area contributed by atoms with Gasteiger partial charge in [0.2, 0.25) is 5.88 Å². The lowest BCUT2D eigenvalue weighted by molar-refractivity contribution is 0.305. The maximum absolute atomic E-state index is 5.45. The van der Waals surface area contributed by atoms with E-state index in [9.17, 15) is 0 Å². The van der Waals surface area contributed by atoms with Gasteiger partial charge in [-0.3, -0.25) is 0 Å². The second-order valence-corrected chi connectivity index (χ2v) is 3.34. The summed E-state index contributed by atoms with van der Waals surface area (Å²) < 4.78 is 5.23. The molecule has 0 amide bonds. The van der Waals surface area contributed by atoms with Gasteiger partial charge in [0.05, 0.1) is 6.20 Å². The smallest absolute Gasteiger partial charge is 0.299 e. The van der Waals surface area contributed by atoms with Crippen molar-refractivity contribution >= 4 is 11.9 Å². The molecular weight excluding hydrogens is 168 g/mol. The zero-order valence-electron chi connectivity index (χ0n) is 7.73. The van der Waals surface area contributed by atoms with Gasteiger partial charge in [-0.05, 0) is 7.05 Å². The summed E-state index contributed by atoms with van der Waals surface area (Å²) in [5, 5.41) is 0. The van der Waals surface area contributed by atoms with Crippen molar-refractivity contribution in [3.05, 3.63) is 6.20 Å². The van der Waals surface area contributed by atoms with Crippen LogP contribution in [0, 0.1) is 0 Å². The van der Waals surface area contributed by atoms with Gasteiger partial charge in [0.15, 0.2) is 0 Å². The van der Waals surface area contributed by atoms with E-state index in [1.54, 1.807) is 6.20 Å². The van der Waals surface area contributed by atoms with Gasteiger partial charge in [-0.15, -0.1) is 0 Å². The summed E-state index contributed by atoms with van der Waals surface area (Å²) in [7, 11) is 2.11. The molecule has 5 heteroatoms. The molecule has 5 nitrogen and oxygen atoms in total. The maximum atomic E-state index is 5.45. The lowest BCUT2D eigenvalue weighted by Gasteiger charge is -2.31. The summed E-state index contributed by atoms with van der Waals surface area (Å²) in [4.78, 5) is 8.47. The molecule has 0 saturated carbocycles. The van der Waals surface area contributed by atoms with E-state index in [1.807, 2.05) is 0 Å². The number of piperazine rings is 1. The number of aromatic nitrogens is 1. The van der Waals surface area contributed by atoms with Gasteiger partial charge in [0.1, 0.15) is 0 Å². The molecule has 0 atom stereocenters. The van der Waals surface area contributed by atoms with Gasteiger partial charge in [-0.1, -0.05) is 0 Å². The van der Waals surface area contributed by atoms with Gasteiger partial charge in [-0.25, -0.2) is 0 Å². The molecular formula is C8H14N4O. The average molecular weight is 182 g/mol. The Kier molecular flexibility index (Phi) is 2.10. The zero-order chi connectivity index (χ0) is 9.26. The van der Waals surface area contributed by atoms with Crippen LogP contribution in [0.15, 0.2) is 10.6 Å². The number of oxazole rings is 1. The van der Waals surface area contributed by atoms with E-state index in [4.69, 9.17) is 10.2 Å². The standard InChI is InChI=1S/C8H14N4O/c1-11-2-4-12(5-3-11)8-10-6-7(9)13-8/h6H,2-5,9H2,1H3. The molecule has 2 heterocycles. The van der Waals surface area contributed by atoms with Crippen LogP contribution in [-0.4, -0.2) is 43.1 Å². The predicted octanol–water partition coefficient (Wildman–Crippen LogP) is 0.00860. The molecule has 0 spiro atoms. The molecule has 1 aliphatic heterocycles. The third-order valence-corrected chi connectivity index (χ3v) is 2.29. The molecule has 0 unspecified atom stereocenters. The van der Waals surface area contributed by atoms with E-state index in [0.29, 0.717) is 11.9 Å². The Bertz CT molecular complexity index is 277. The fourth-order valence-corrected chi connectivity index (χ4v) is 1.42. The first kappa shape index (κ1) is 8.37. The SMILES string of the molecule is CN1CCN(c2ncc(N)o2)CC1. The summed E-state index contributed by atoms with van der Waals surface area (Å²) in [6.07, 6.45) is 1.55. The van der Waals surface area contributed by atoms with Crippen molar-refractivity contribution in [2.45, 2.75) is 0 Å². The number of anilines is 2. The zero-order valence-corrected chi connectivity index (χ0v) is 7.73. The number of nitrogens with two attached hydrogens (primary N) is 1. The van der Waals surface area contributed by atoms with Crippen molar-refractivity contribution in [2.75, 3.05) is 43.9 Å². The molecule has 13 heavy (non-hydrogen) atoms. The number of hydrogen-bond acceptors (Lipinski definition) is 5. The van der Waals surface area contributed by atoms with E-state index < -0.39 is 0 Å². The summed E-state index contributed by atoms with van der Waals surface area (Å²) in [5.74, 6) is 0.383.